The second-order valence-corrected chi connectivity index (χ2v) is 4.45. The predicted octanol–water partition coefficient (Wildman–Crippen LogP) is 2.55. The Hall–Kier alpha value is -1.76. The minimum Gasteiger partial charge on any atom is -0.504 e. The molecule has 0 amide bonds. The Morgan fingerprint density at radius 1 is 1.25 bits per heavy atom. The topological polar surface area (TPSA) is 60.8 Å². The molecule has 0 aliphatic rings. The highest BCUT2D eigenvalue weighted by Crippen LogP contribution is 2.25. The van der Waals surface area contributed by atoms with Crippen LogP contribution >= 0.6 is 0 Å². The number of alkyl halides is 3. The molecule has 0 spiro atoms. The maximum Gasteiger partial charge on any atom is 0.401 e. The quantitative estimate of drug-likeness (QED) is 0.624. The third-order valence-corrected chi connectivity index (χ3v) is 2.61. The number of carbonyl (C=O) groups is 1. The van der Waals surface area contributed by atoms with E-state index in [1.807, 2.05) is 0 Å². The third kappa shape index (κ3) is 5.08. The molecule has 1 aromatic carbocycles. The lowest BCUT2D eigenvalue weighted by Crippen LogP contribution is -2.38. The first kappa shape index (κ1) is 16.3. The van der Waals surface area contributed by atoms with Gasteiger partial charge in [0.2, 0.25) is 0 Å². The third-order valence-electron chi connectivity index (χ3n) is 2.61. The van der Waals surface area contributed by atoms with Crippen molar-refractivity contribution in [3.8, 4) is 11.5 Å². The van der Waals surface area contributed by atoms with Crippen LogP contribution in [0.1, 0.15) is 23.7 Å². The van der Waals surface area contributed by atoms with Crippen molar-refractivity contribution in [3.05, 3.63) is 23.8 Å². The summed E-state index contributed by atoms with van der Waals surface area (Å²) in [5, 5.41) is 18.4. The molecule has 112 valence electrons. The Kier molecular flexibility index (Phi) is 5.38. The number of halogens is 3. The summed E-state index contributed by atoms with van der Waals surface area (Å²) in [5.41, 5.74) is 0.0589. The molecule has 1 aromatic rings. The van der Waals surface area contributed by atoms with Crippen molar-refractivity contribution in [3.63, 3.8) is 0 Å². The van der Waals surface area contributed by atoms with Crippen LogP contribution < -0.4 is 0 Å². The first-order valence-corrected chi connectivity index (χ1v) is 6.07. The van der Waals surface area contributed by atoms with Gasteiger partial charge in [-0.1, -0.05) is 6.92 Å². The molecule has 2 N–H and O–H groups in total. The zero-order valence-electron chi connectivity index (χ0n) is 10.9. The van der Waals surface area contributed by atoms with Crippen molar-refractivity contribution < 1.29 is 28.2 Å². The highest BCUT2D eigenvalue weighted by Gasteiger charge is 2.31. The number of hydrogen-bond acceptors (Lipinski definition) is 4. The van der Waals surface area contributed by atoms with Gasteiger partial charge < -0.3 is 10.2 Å². The molecular formula is C13H16F3NO3. The average molecular weight is 291 g/mol. The lowest BCUT2D eigenvalue weighted by atomic mass is 10.1. The summed E-state index contributed by atoms with van der Waals surface area (Å²) in [4.78, 5) is 12.9. The first-order chi connectivity index (χ1) is 9.23. The molecule has 0 atom stereocenters. The van der Waals surface area contributed by atoms with Crippen molar-refractivity contribution in [2.24, 2.45) is 0 Å². The minimum atomic E-state index is -4.37. The standard InChI is InChI=1S/C13H16F3NO3/c1-2-5-17(8-13(14,15)16)7-12(20)9-3-4-10(18)11(19)6-9/h3-4,6,18-19H,2,5,7-8H2,1H3. The van der Waals surface area contributed by atoms with E-state index >= 15 is 0 Å². The highest BCUT2D eigenvalue weighted by molar-refractivity contribution is 5.98. The Balaban J connectivity index is 2.77. The van der Waals surface area contributed by atoms with Crippen molar-refractivity contribution >= 4 is 5.78 Å². The summed E-state index contributed by atoms with van der Waals surface area (Å²) in [6.45, 7) is 0.323. The summed E-state index contributed by atoms with van der Waals surface area (Å²) < 4.78 is 37.1. The predicted molar refractivity (Wildman–Crippen MR) is 66.9 cm³/mol. The fourth-order valence-corrected chi connectivity index (χ4v) is 1.78. The van der Waals surface area contributed by atoms with Crippen molar-refractivity contribution in [1.82, 2.24) is 4.90 Å². The molecule has 0 fully saturated rings. The first-order valence-electron chi connectivity index (χ1n) is 6.07. The van der Waals surface area contributed by atoms with Crippen LogP contribution in [0.25, 0.3) is 0 Å². The van der Waals surface area contributed by atoms with Gasteiger partial charge in [0.15, 0.2) is 17.3 Å². The van der Waals surface area contributed by atoms with E-state index in [-0.39, 0.29) is 17.9 Å². The maximum atomic E-state index is 12.4. The second kappa shape index (κ2) is 6.60. The number of benzene rings is 1. The van der Waals surface area contributed by atoms with Gasteiger partial charge in [-0.15, -0.1) is 0 Å². The lowest BCUT2D eigenvalue weighted by Gasteiger charge is -2.22. The summed E-state index contributed by atoms with van der Waals surface area (Å²) in [7, 11) is 0. The van der Waals surface area contributed by atoms with Crippen LogP contribution in [0.5, 0.6) is 11.5 Å². The number of phenolic OH excluding ortho intramolecular Hbond substituents is 2. The van der Waals surface area contributed by atoms with E-state index in [0.717, 1.165) is 17.0 Å². The van der Waals surface area contributed by atoms with Crippen LogP contribution in [0, 0.1) is 0 Å². The second-order valence-electron chi connectivity index (χ2n) is 4.45. The number of phenols is 2. The molecule has 20 heavy (non-hydrogen) atoms. The number of nitrogens with zero attached hydrogens (tertiary/aromatic N) is 1. The van der Waals surface area contributed by atoms with E-state index in [1.54, 1.807) is 6.92 Å². The number of hydrogen-bond donors (Lipinski definition) is 2. The summed E-state index contributed by atoms with van der Waals surface area (Å²) >= 11 is 0. The summed E-state index contributed by atoms with van der Waals surface area (Å²) in [6, 6.07) is 3.42. The zero-order valence-corrected chi connectivity index (χ0v) is 10.9. The molecule has 0 saturated heterocycles. The Bertz CT molecular complexity index is 474. The van der Waals surface area contributed by atoms with Gasteiger partial charge in [-0.05, 0) is 31.2 Å². The van der Waals surface area contributed by atoms with Crippen LogP contribution in [-0.2, 0) is 0 Å². The molecule has 0 aliphatic carbocycles. The Morgan fingerprint density at radius 2 is 1.90 bits per heavy atom. The monoisotopic (exact) mass is 291 g/mol. The van der Waals surface area contributed by atoms with Crippen LogP contribution in [0.4, 0.5) is 13.2 Å². The van der Waals surface area contributed by atoms with Gasteiger partial charge in [0.25, 0.3) is 0 Å². The van der Waals surface area contributed by atoms with Gasteiger partial charge in [0.1, 0.15) is 0 Å². The summed E-state index contributed by atoms with van der Waals surface area (Å²) in [6.07, 6.45) is -3.88. The smallest absolute Gasteiger partial charge is 0.401 e. The van der Waals surface area contributed by atoms with Crippen LogP contribution in [0.15, 0.2) is 18.2 Å². The van der Waals surface area contributed by atoms with Crippen molar-refractivity contribution in [1.29, 1.82) is 0 Å². The van der Waals surface area contributed by atoms with E-state index < -0.39 is 30.8 Å². The van der Waals surface area contributed by atoms with Crippen molar-refractivity contribution in [2.45, 2.75) is 19.5 Å². The molecule has 7 heteroatoms. The number of ketones is 1. The maximum absolute atomic E-state index is 12.4. The van der Waals surface area contributed by atoms with E-state index in [0.29, 0.717) is 6.42 Å². The number of aromatic hydroxyl groups is 2. The summed E-state index contributed by atoms with van der Waals surface area (Å²) in [5.74, 6) is -1.41. The lowest BCUT2D eigenvalue weighted by molar-refractivity contribution is -0.144. The molecule has 1 rings (SSSR count). The Morgan fingerprint density at radius 3 is 2.40 bits per heavy atom. The average Bonchev–Trinajstić information content (AvgIpc) is 2.30. The van der Waals surface area contributed by atoms with Crippen LogP contribution in [0.2, 0.25) is 0 Å². The molecule has 0 radical (unpaired) electrons. The van der Waals surface area contributed by atoms with E-state index in [1.165, 1.54) is 6.07 Å². The molecule has 0 aromatic heterocycles. The molecule has 0 heterocycles. The molecule has 0 aliphatic heterocycles. The fourth-order valence-electron chi connectivity index (χ4n) is 1.78. The number of Topliss-reactive ketones (excluding diaryl/α,β-unsaturated/α-hetero) is 1. The SMILES string of the molecule is CCCN(CC(=O)c1ccc(O)c(O)c1)CC(F)(F)F. The molecule has 0 saturated carbocycles. The highest BCUT2D eigenvalue weighted by atomic mass is 19.4. The fraction of sp³-hybridized carbons (Fsp3) is 0.462. The molecule has 0 bridgehead atoms. The molecular weight excluding hydrogens is 275 g/mol. The van der Waals surface area contributed by atoms with E-state index in [9.17, 15) is 23.1 Å². The van der Waals surface area contributed by atoms with Crippen molar-refractivity contribution in [2.75, 3.05) is 19.6 Å². The van der Waals surface area contributed by atoms with Crippen LogP contribution in [-0.4, -0.2) is 46.7 Å². The van der Waals surface area contributed by atoms with Gasteiger partial charge in [0.05, 0.1) is 13.1 Å². The molecule has 0 unspecified atom stereocenters. The van der Waals surface area contributed by atoms with E-state index in [2.05, 4.69) is 0 Å². The zero-order chi connectivity index (χ0) is 15.3. The van der Waals surface area contributed by atoms with Gasteiger partial charge in [-0.2, -0.15) is 13.2 Å². The van der Waals surface area contributed by atoms with Gasteiger partial charge in [-0.3, -0.25) is 9.69 Å². The number of rotatable bonds is 6. The van der Waals surface area contributed by atoms with Crippen LogP contribution in [0.3, 0.4) is 0 Å². The van der Waals surface area contributed by atoms with E-state index in [4.69, 9.17) is 5.11 Å². The van der Waals surface area contributed by atoms with Gasteiger partial charge in [-0.25, -0.2) is 0 Å². The Labute approximate surface area is 114 Å². The minimum absolute atomic E-state index is 0.0589. The molecule has 4 nitrogen and oxygen atoms in total. The largest absolute Gasteiger partial charge is 0.504 e. The van der Waals surface area contributed by atoms with Gasteiger partial charge in [0, 0.05) is 5.56 Å². The van der Waals surface area contributed by atoms with Gasteiger partial charge >= 0.3 is 6.18 Å². The number of carbonyl (C=O) groups excluding carboxylic acids is 1. The normalized spacial score (nSPS) is 11.8.